The standard InChI is InChI=1S/C18H17N3O5/c1-3-25-15-8-4-12(5-9-15)19-17(22)16-18(23)26-20-21(16)13-6-10-14(24-2)11-7-13/h4-11H,3H2,1-2H3,(H-,19,20,22,23)/p+1. The third-order valence-corrected chi connectivity index (χ3v) is 3.62. The first kappa shape index (κ1) is 17.3. The molecule has 3 rings (SSSR count). The van der Waals surface area contributed by atoms with Crippen LogP contribution in [0.2, 0.25) is 0 Å². The Morgan fingerprint density at radius 2 is 1.77 bits per heavy atom. The number of carbonyl (C=O) groups is 1. The van der Waals surface area contributed by atoms with Gasteiger partial charge >= 0.3 is 17.2 Å². The number of benzene rings is 2. The van der Waals surface area contributed by atoms with E-state index in [1.807, 2.05) is 6.92 Å². The molecule has 3 aromatic rings. The third kappa shape index (κ3) is 3.59. The van der Waals surface area contributed by atoms with Crippen LogP contribution in [-0.4, -0.2) is 24.9 Å². The summed E-state index contributed by atoms with van der Waals surface area (Å²) >= 11 is 0. The van der Waals surface area contributed by atoms with Crippen LogP contribution in [0.4, 0.5) is 5.69 Å². The topological polar surface area (TPSA) is 97.4 Å². The fourth-order valence-electron chi connectivity index (χ4n) is 2.37. The van der Waals surface area contributed by atoms with Crippen LogP contribution < -0.4 is 25.1 Å². The predicted octanol–water partition coefficient (Wildman–Crippen LogP) is 1.90. The van der Waals surface area contributed by atoms with Gasteiger partial charge < -0.3 is 14.8 Å². The molecule has 1 amide bonds. The van der Waals surface area contributed by atoms with E-state index in [4.69, 9.17) is 14.0 Å². The summed E-state index contributed by atoms with van der Waals surface area (Å²) in [5.74, 6) is 0.750. The summed E-state index contributed by atoms with van der Waals surface area (Å²) in [7, 11) is 1.55. The van der Waals surface area contributed by atoms with Gasteiger partial charge in [0, 0.05) is 17.8 Å². The highest BCUT2D eigenvalue weighted by molar-refractivity contribution is 6.01. The zero-order valence-corrected chi connectivity index (χ0v) is 14.3. The largest absolute Gasteiger partial charge is 0.497 e. The summed E-state index contributed by atoms with van der Waals surface area (Å²) in [5.41, 5.74) is 0.127. The molecular weight excluding hydrogens is 338 g/mol. The first-order valence-corrected chi connectivity index (χ1v) is 7.94. The van der Waals surface area contributed by atoms with Crippen molar-refractivity contribution in [1.29, 1.82) is 0 Å². The van der Waals surface area contributed by atoms with Crippen molar-refractivity contribution >= 4 is 11.6 Å². The number of nitrogens with one attached hydrogen (secondary N) is 2. The van der Waals surface area contributed by atoms with Gasteiger partial charge in [0.25, 0.3) is 0 Å². The van der Waals surface area contributed by atoms with E-state index in [0.29, 0.717) is 29.5 Å². The maximum absolute atomic E-state index is 12.6. The molecule has 26 heavy (non-hydrogen) atoms. The molecular formula is C18H18N3O5+. The summed E-state index contributed by atoms with van der Waals surface area (Å²) in [4.78, 5) is 24.5. The van der Waals surface area contributed by atoms with E-state index in [1.165, 1.54) is 4.68 Å². The lowest BCUT2D eigenvalue weighted by molar-refractivity contribution is -0.672. The molecule has 0 aliphatic heterocycles. The lowest BCUT2D eigenvalue weighted by Gasteiger charge is -2.05. The Morgan fingerprint density at radius 3 is 2.38 bits per heavy atom. The molecule has 0 aliphatic rings. The number of aromatic nitrogens is 2. The van der Waals surface area contributed by atoms with Gasteiger partial charge in [-0.2, -0.15) is 0 Å². The molecule has 0 saturated heterocycles. The van der Waals surface area contributed by atoms with E-state index >= 15 is 0 Å². The number of nitrogens with zero attached hydrogens (tertiary/aromatic N) is 1. The fourth-order valence-corrected chi connectivity index (χ4v) is 2.37. The minimum absolute atomic E-state index is 0.177. The number of rotatable bonds is 6. The molecule has 0 atom stereocenters. The van der Waals surface area contributed by atoms with Crippen molar-refractivity contribution in [3.8, 4) is 17.2 Å². The Hall–Kier alpha value is -3.55. The average molecular weight is 356 g/mol. The number of carbonyl (C=O) groups excluding carboxylic acids is 1. The molecule has 2 aromatic carbocycles. The highest BCUT2D eigenvalue weighted by atomic mass is 16.5. The predicted molar refractivity (Wildman–Crippen MR) is 93.0 cm³/mol. The molecule has 1 heterocycles. The van der Waals surface area contributed by atoms with Crippen LogP contribution in [-0.2, 0) is 0 Å². The van der Waals surface area contributed by atoms with Gasteiger partial charge in [-0.1, -0.05) is 0 Å². The number of hydrogen-bond acceptors (Lipinski definition) is 5. The Morgan fingerprint density at radius 1 is 1.12 bits per heavy atom. The van der Waals surface area contributed by atoms with Crippen LogP contribution in [0.25, 0.3) is 5.69 Å². The summed E-state index contributed by atoms with van der Waals surface area (Å²) in [6, 6.07) is 13.6. The molecule has 0 radical (unpaired) electrons. The Kier molecular flexibility index (Phi) is 5.02. The second-order valence-corrected chi connectivity index (χ2v) is 5.27. The first-order valence-electron chi connectivity index (χ1n) is 7.94. The fraction of sp³-hybridized carbons (Fsp3) is 0.167. The minimum atomic E-state index is -0.774. The number of amides is 1. The summed E-state index contributed by atoms with van der Waals surface area (Å²) in [6.45, 7) is 2.44. The number of anilines is 1. The number of ether oxygens (including phenoxy) is 2. The Balaban J connectivity index is 1.85. The first-order chi connectivity index (χ1) is 12.6. The van der Waals surface area contributed by atoms with Crippen molar-refractivity contribution in [1.82, 2.24) is 5.27 Å². The van der Waals surface area contributed by atoms with E-state index in [-0.39, 0.29) is 5.69 Å². The molecule has 134 valence electrons. The Labute approximate surface area is 148 Å². The average Bonchev–Trinajstić information content (AvgIpc) is 3.05. The van der Waals surface area contributed by atoms with Gasteiger partial charge in [0.1, 0.15) is 11.5 Å². The van der Waals surface area contributed by atoms with Gasteiger partial charge in [0.05, 0.1) is 13.7 Å². The van der Waals surface area contributed by atoms with Gasteiger partial charge in [0.15, 0.2) is 0 Å². The lowest BCUT2D eigenvalue weighted by atomic mass is 10.2. The monoisotopic (exact) mass is 356 g/mol. The molecule has 8 heteroatoms. The van der Waals surface area contributed by atoms with Gasteiger partial charge in [-0.25, -0.2) is 4.79 Å². The van der Waals surface area contributed by atoms with Crippen molar-refractivity contribution < 1.29 is 23.5 Å². The highest BCUT2D eigenvalue weighted by Crippen LogP contribution is 2.16. The van der Waals surface area contributed by atoms with Crippen molar-refractivity contribution in [3.05, 3.63) is 64.6 Å². The summed E-state index contributed by atoms with van der Waals surface area (Å²) in [5, 5.41) is 5.10. The molecule has 0 unspecified atom stereocenters. The SMILES string of the molecule is CCOc1ccc(NC(=O)c2c(=O)o[nH][n+]2-c2ccc(OC)cc2)cc1. The van der Waals surface area contributed by atoms with Crippen LogP contribution in [0.15, 0.2) is 57.8 Å². The maximum Gasteiger partial charge on any atom is 0.441 e. The number of aromatic amines is 1. The zero-order chi connectivity index (χ0) is 18.5. The van der Waals surface area contributed by atoms with Crippen LogP contribution in [0.1, 0.15) is 17.4 Å². The minimum Gasteiger partial charge on any atom is -0.497 e. The molecule has 0 aliphatic carbocycles. The van der Waals surface area contributed by atoms with E-state index in [2.05, 4.69) is 10.6 Å². The molecule has 0 fully saturated rings. The number of hydrogen-bond donors (Lipinski definition) is 2. The maximum atomic E-state index is 12.6. The second kappa shape index (κ2) is 7.56. The van der Waals surface area contributed by atoms with Crippen LogP contribution in [0.3, 0.4) is 0 Å². The van der Waals surface area contributed by atoms with E-state index < -0.39 is 11.5 Å². The van der Waals surface area contributed by atoms with Crippen LogP contribution >= 0.6 is 0 Å². The molecule has 8 nitrogen and oxygen atoms in total. The van der Waals surface area contributed by atoms with Crippen molar-refractivity contribution in [2.75, 3.05) is 19.0 Å². The molecule has 0 spiro atoms. The van der Waals surface area contributed by atoms with E-state index in [0.717, 1.165) is 0 Å². The molecule has 0 bridgehead atoms. The summed E-state index contributed by atoms with van der Waals surface area (Å²) < 4.78 is 16.5. The lowest BCUT2D eigenvalue weighted by Crippen LogP contribution is -2.42. The third-order valence-electron chi connectivity index (χ3n) is 3.62. The van der Waals surface area contributed by atoms with Crippen LogP contribution in [0.5, 0.6) is 11.5 Å². The van der Waals surface area contributed by atoms with Gasteiger partial charge in [0.2, 0.25) is 5.69 Å². The molecule has 1 aromatic heterocycles. The van der Waals surface area contributed by atoms with Crippen molar-refractivity contribution in [2.45, 2.75) is 6.92 Å². The second-order valence-electron chi connectivity index (χ2n) is 5.27. The van der Waals surface area contributed by atoms with E-state index in [1.54, 1.807) is 55.6 Å². The molecule has 2 N–H and O–H groups in total. The van der Waals surface area contributed by atoms with Gasteiger partial charge in [-0.15, -0.1) is 0 Å². The number of methoxy groups -OCH3 is 1. The van der Waals surface area contributed by atoms with Gasteiger partial charge in [-0.05, 0) is 53.3 Å². The van der Waals surface area contributed by atoms with E-state index in [9.17, 15) is 9.59 Å². The molecule has 0 saturated carbocycles. The van der Waals surface area contributed by atoms with Crippen molar-refractivity contribution in [3.63, 3.8) is 0 Å². The van der Waals surface area contributed by atoms with Crippen LogP contribution in [0, 0.1) is 0 Å². The normalized spacial score (nSPS) is 10.4. The zero-order valence-electron chi connectivity index (χ0n) is 14.3. The highest BCUT2D eigenvalue weighted by Gasteiger charge is 2.30. The van der Waals surface area contributed by atoms with Gasteiger partial charge in [-0.3, -0.25) is 9.32 Å². The quantitative estimate of drug-likeness (QED) is 0.658. The Bertz CT molecular complexity index is 942. The van der Waals surface area contributed by atoms with Crippen molar-refractivity contribution in [2.24, 2.45) is 0 Å². The number of H-pyrrole nitrogens is 1. The smallest absolute Gasteiger partial charge is 0.441 e. The summed E-state index contributed by atoms with van der Waals surface area (Å²) in [6.07, 6.45) is 0.